The number of para-hydroxylation sites is 6. The topological polar surface area (TPSA) is 102 Å². The van der Waals surface area contributed by atoms with Crippen molar-refractivity contribution in [1.82, 2.24) is 19.1 Å². The van der Waals surface area contributed by atoms with Gasteiger partial charge >= 0.3 is 134 Å². The Morgan fingerprint density at radius 2 is 0.844 bits per heavy atom. The normalized spacial score (nSPS) is 11.8. The van der Waals surface area contributed by atoms with Crippen LogP contribution >= 0.6 is 37.7 Å². The van der Waals surface area contributed by atoms with E-state index in [1.54, 1.807) is 24.3 Å². The molecule has 14 rings (SSSR count). The average molecular weight is 1680 g/mol. The maximum absolute atomic E-state index is 10.6. The van der Waals surface area contributed by atoms with Gasteiger partial charge in [0.25, 0.3) is 0 Å². The monoisotopic (exact) mass is 1680 g/mol. The molecule has 10 aromatic carbocycles. The van der Waals surface area contributed by atoms with E-state index < -0.39 is 11.9 Å². The molecule has 4 heterocycles. The molecule has 0 aliphatic carbocycles. The van der Waals surface area contributed by atoms with Crippen LogP contribution in [0, 0.1) is 12.1 Å². The number of hydrogen-bond donors (Lipinski definition) is 2. The van der Waals surface area contributed by atoms with Gasteiger partial charge in [0.1, 0.15) is 22.7 Å². The van der Waals surface area contributed by atoms with E-state index in [2.05, 4.69) is 198 Å². The summed E-state index contributed by atoms with van der Waals surface area (Å²) in [6, 6.07) is 72.8. The molecule has 0 bridgehead atoms. The van der Waals surface area contributed by atoms with Gasteiger partial charge in [-0.1, -0.05) is 169 Å². The van der Waals surface area contributed by atoms with Crippen LogP contribution < -0.4 is 0 Å². The molecule has 452 valence electrons. The van der Waals surface area contributed by atoms with Crippen molar-refractivity contribution in [2.45, 2.75) is 79.1 Å². The Balaban J connectivity index is 0.000000178. The molecule has 0 unspecified atom stereocenters. The van der Waals surface area contributed by atoms with Crippen LogP contribution in [0.25, 0.3) is 122 Å². The van der Waals surface area contributed by atoms with Crippen LogP contribution in [0.5, 0.6) is 11.5 Å². The molecule has 0 saturated heterocycles. The van der Waals surface area contributed by atoms with Crippen LogP contribution in [0.15, 0.2) is 203 Å². The Hall–Kier alpha value is -3.85. The van der Waals surface area contributed by atoms with E-state index in [1.807, 2.05) is 48.5 Å². The van der Waals surface area contributed by atoms with Gasteiger partial charge in [-0.3, -0.25) is 9.55 Å². The van der Waals surface area contributed by atoms with E-state index in [9.17, 15) is 10.2 Å². The van der Waals surface area contributed by atoms with Crippen molar-refractivity contribution in [2.24, 2.45) is 0 Å². The molecule has 0 amide bonds. The standard InChI is InChI=1S/C37H32N2O2.C37H30N2O2.4ClH.2K.2Pt/c2*1-22(2)27-12-8-13-28(23(3)4)36(27)39-31-15-6-5-14-30(31)38-37(39)26-11-7-10-24(20-26)25-18-19-33-29(21-25)35-32(40)16-9-17-34(35)41-33;;;;;;;;/h5-23,40H,1-4H3;5-19,22-23,40H,1-4H3;4*1H;;;;/q;-2;;;;;;;+2;+4/p-4. The van der Waals surface area contributed by atoms with E-state index >= 15 is 0 Å². The first-order valence-corrected chi connectivity index (χ1v) is 57.1. The predicted molar refractivity (Wildman–Crippen MR) is 371 cm³/mol. The van der Waals surface area contributed by atoms with Gasteiger partial charge in [-0.25, -0.2) is 4.98 Å². The van der Waals surface area contributed by atoms with Gasteiger partial charge in [-0.2, -0.15) is 35.4 Å². The van der Waals surface area contributed by atoms with Crippen molar-refractivity contribution < 1.29 is 52.0 Å². The third kappa shape index (κ3) is 14.5. The molecule has 0 aliphatic heterocycles. The summed E-state index contributed by atoms with van der Waals surface area (Å²) in [5.74, 6) is 3.60. The fourth-order valence-corrected chi connectivity index (χ4v) is 11.9. The third-order valence-electron chi connectivity index (χ3n) is 15.9. The summed E-state index contributed by atoms with van der Waals surface area (Å²) in [6.45, 7) is 18.0. The third-order valence-corrected chi connectivity index (χ3v) is 15.9. The SMILES string of the molecule is CC(C)c1cccc(C(C)C)c1-n1c(-c2[c-]c(-c3[c-]c4c(cc3)oc3cccc(O)c34)ccc2)nc2ccccc21.CC(C)c1cccc(C(C)C)c1-n1c(-c2cccc(-c3ccc4oc5cccc(O)c5c4c3)c2)nc2ccccc21.[Cl][Pt]([Cl])([Cl])[Cl].[K][K].[Pt+2]. The molecule has 90 heavy (non-hydrogen) atoms. The van der Waals surface area contributed by atoms with Crippen LogP contribution in [-0.2, 0) is 33.0 Å². The minimum Gasteiger partial charge on any atom is 2.00 e. The average Bonchev–Trinajstić information content (AvgIpc) is 1.59. The first-order chi connectivity index (χ1) is 42.8. The quantitative estimate of drug-likeness (QED) is 0.104. The molecule has 0 spiro atoms. The van der Waals surface area contributed by atoms with Gasteiger partial charge in [0.2, 0.25) is 0 Å². The molecule has 2 N–H and O–H groups in total. The summed E-state index contributed by atoms with van der Waals surface area (Å²) in [5.41, 5.74) is 20.4. The number of aromatic hydroxyl groups is 2. The molecular formula is C74H62Cl4K2N4O4Pt2. The number of furan rings is 2. The second kappa shape index (κ2) is 29.8. The first kappa shape index (κ1) is 69.0. The molecule has 0 aliphatic rings. The zero-order valence-corrected chi connectivity index (χ0v) is 65.2. The number of fused-ring (bicyclic) bond motifs is 8. The zero-order chi connectivity index (χ0) is 63.0. The minimum atomic E-state index is -3.06. The van der Waals surface area contributed by atoms with Crippen LogP contribution in [0.3, 0.4) is 0 Å². The summed E-state index contributed by atoms with van der Waals surface area (Å²) >= 11 is -0.556. The van der Waals surface area contributed by atoms with Crippen molar-refractivity contribution in [3.63, 3.8) is 0 Å². The second-order valence-electron chi connectivity index (χ2n) is 22.9. The number of imidazole rings is 2. The number of benzene rings is 10. The second-order valence-corrected chi connectivity index (χ2v) is 42.6. The Labute approximate surface area is 603 Å². The zero-order valence-electron chi connectivity index (χ0n) is 51.4. The van der Waals surface area contributed by atoms with E-state index in [0.717, 1.165) is 88.8 Å². The molecular weight excluding hydrogens is 1620 g/mol. The summed E-state index contributed by atoms with van der Waals surface area (Å²) < 4.78 is 16.7. The Morgan fingerprint density at radius 1 is 0.422 bits per heavy atom. The first-order valence-electron chi connectivity index (χ1n) is 29.8. The maximum Gasteiger partial charge on any atom is 2.00 e. The fourth-order valence-electron chi connectivity index (χ4n) is 11.9. The molecule has 14 aromatic rings. The van der Waals surface area contributed by atoms with Gasteiger partial charge in [-0.05, 0) is 124 Å². The van der Waals surface area contributed by atoms with Gasteiger partial charge in [0.15, 0.2) is 0 Å². The van der Waals surface area contributed by atoms with Gasteiger partial charge in [0, 0.05) is 22.0 Å². The Kier molecular flexibility index (Phi) is 22.9. The number of phenols is 2. The van der Waals surface area contributed by atoms with Crippen LogP contribution in [-0.4, -0.2) is 92.5 Å². The number of rotatable bonds is 10. The van der Waals surface area contributed by atoms with Gasteiger partial charge < -0.3 is 23.6 Å². The Bertz CT molecular complexity index is 4550. The van der Waals surface area contributed by atoms with Gasteiger partial charge in [0.05, 0.1) is 55.9 Å². The summed E-state index contributed by atoms with van der Waals surface area (Å²) in [7, 11) is 20.0. The number of hydrogen-bond acceptors (Lipinski definition) is 6. The van der Waals surface area contributed by atoms with E-state index in [-0.39, 0.29) is 32.6 Å². The number of phenolic OH excluding ortho intramolecular Hbond substituents is 2. The summed E-state index contributed by atoms with van der Waals surface area (Å²) in [6.07, 6.45) is 0. The van der Waals surface area contributed by atoms with Crippen molar-refractivity contribution in [3.8, 4) is 67.9 Å². The molecule has 8 nitrogen and oxygen atoms in total. The predicted octanol–water partition coefficient (Wildman–Crippen LogP) is 22.0. The summed E-state index contributed by atoms with van der Waals surface area (Å²) in [4.78, 5) is 10.4. The molecule has 0 fully saturated rings. The molecule has 0 atom stereocenters. The smallest absolute Gasteiger partial charge is 2.00 e. The van der Waals surface area contributed by atoms with Crippen molar-refractivity contribution in [2.75, 3.05) is 0 Å². The molecule has 0 radical (unpaired) electrons. The van der Waals surface area contributed by atoms with Crippen molar-refractivity contribution >= 4 is 167 Å². The molecule has 0 saturated carbocycles. The number of aromatic nitrogens is 4. The van der Waals surface area contributed by atoms with E-state index in [4.69, 9.17) is 56.5 Å². The number of nitrogens with zero attached hydrogens (tertiary/aromatic N) is 4. The van der Waals surface area contributed by atoms with Crippen LogP contribution in [0.4, 0.5) is 0 Å². The fraction of sp³-hybridized carbons (Fsp3) is 0.162. The van der Waals surface area contributed by atoms with E-state index in [0.29, 0.717) is 45.8 Å². The van der Waals surface area contributed by atoms with Crippen LogP contribution in [0.1, 0.15) is 101 Å². The van der Waals surface area contributed by atoms with Gasteiger partial charge in [-0.15, -0.1) is 12.1 Å². The van der Waals surface area contributed by atoms with Crippen molar-refractivity contribution in [1.29, 1.82) is 0 Å². The minimum absolute atomic E-state index is 0. The largest absolute Gasteiger partial charge is 2.00 e. The molecule has 4 aromatic heterocycles. The number of halogens is 4. The molecule has 16 heteroatoms. The van der Waals surface area contributed by atoms with Crippen LogP contribution in [0.2, 0.25) is 0 Å². The van der Waals surface area contributed by atoms with E-state index in [1.165, 1.54) is 96.8 Å². The van der Waals surface area contributed by atoms with Crippen molar-refractivity contribution in [3.05, 3.63) is 229 Å². The summed E-state index contributed by atoms with van der Waals surface area (Å²) in [5, 5.41) is 24.2. The Morgan fingerprint density at radius 3 is 1.41 bits per heavy atom. The maximum atomic E-state index is 10.6.